The molecule has 0 aliphatic carbocycles. The summed E-state index contributed by atoms with van der Waals surface area (Å²) < 4.78 is 10.8. The van der Waals surface area contributed by atoms with Crippen LogP contribution in [0.25, 0.3) is 0 Å². The zero-order chi connectivity index (χ0) is 15.2. The van der Waals surface area contributed by atoms with Crippen molar-refractivity contribution in [1.82, 2.24) is 4.90 Å². The monoisotopic (exact) mass is 280 g/mol. The zero-order valence-corrected chi connectivity index (χ0v) is 13.4. The molecule has 0 saturated heterocycles. The van der Waals surface area contributed by atoms with Crippen molar-refractivity contribution in [2.24, 2.45) is 5.73 Å². The minimum Gasteiger partial charge on any atom is -0.497 e. The van der Waals surface area contributed by atoms with E-state index in [1.807, 2.05) is 18.2 Å². The molecular weight excluding hydrogens is 252 g/mol. The zero-order valence-electron chi connectivity index (χ0n) is 13.4. The van der Waals surface area contributed by atoms with Crippen LogP contribution in [-0.2, 0) is 5.54 Å². The van der Waals surface area contributed by atoms with Gasteiger partial charge in [-0.25, -0.2) is 0 Å². The molecule has 0 saturated carbocycles. The summed E-state index contributed by atoms with van der Waals surface area (Å²) in [6, 6.07) is 5.81. The summed E-state index contributed by atoms with van der Waals surface area (Å²) >= 11 is 0. The first-order chi connectivity index (χ1) is 9.54. The number of rotatable bonds is 8. The average molecular weight is 280 g/mol. The van der Waals surface area contributed by atoms with Gasteiger partial charge in [0.1, 0.15) is 11.5 Å². The van der Waals surface area contributed by atoms with E-state index in [-0.39, 0.29) is 0 Å². The highest BCUT2D eigenvalue weighted by molar-refractivity contribution is 5.44. The molecule has 0 aliphatic heterocycles. The molecule has 2 N–H and O–H groups in total. The van der Waals surface area contributed by atoms with Crippen molar-refractivity contribution < 1.29 is 9.47 Å². The molecule has 0 bridgehead atoms. The molecule has 0 fully saturated rings. The number of likely N-dealkylation sites (N-methyl/N-ethyl adjacent to an activating group) is 1. The van der Waals surface area contributed by atoms with Gasteiger partial charge in [0.2, 0.25) is 0 Å². The van der Waals surface area contributed by atoms with E-state index in [4.69, 9.17) is 15.2 Å². The van der Waals surface area contributed by atoms with Crippen LogP contribution in [0.1, 0.15) is 32.8 Å². The van der Waals surface area contributed by atoms with Crippen molar-refractivity contribution in [3.63, 3.8) is 0 Å². The third-order valence-corrected chi connectivity index (χ3v) is 3.97. The van der Waals surface area contributed by atoms with Gasteiger partial charge in [-0.2, -0.15) is 0 Å². The highest BCUT2D eigenvalue weighted by Crippen LogP contribution is 2.34. The Kier molecular flexibility index (Phi) is 6.30. The van der Waals surface area contributed by atoms with Crippen molar-refractivity contribution in [2.75, 3.05) is 33.9 Å². The van der Waals surface area contributed by atoms with E-state index in [2.05, 4.69) is 25.7 Å². The molecule has 0 radical (unpaired) electrons. The largest absolute Gasteiger partial charge is 0.497 e. The Morgan fingerprint density at radius 2 is 1.75 bits per heavy atom. The Bertz CT molecular complexity index is 419. The maximum Gasteiger partial charge on any atom is 0.124 e. The standard InChI is InChI=1S/C16H28N2O2/c1-6-16(17,12-18(7-2)8-3)14-11-13(19-4)9-10-15(14)20-5/h9-11H,6-8,12,17H2,1-5H3. The van der Waals surface area contributed by atoms with Gasteiger partial charge >= 0.3 is 0 Å². The number of nitrogens with two attached hydrogens (primary N) is 1. The second-order valence-electron chi connectivity index (χ2n) is 5.04. The molecule has 0 heterocycles. The van der Waals surface area contributed by atoms with E-state index in [0.29, 0.717) is 0 Å². The Morgan fingerprint density at radius 3 is 2.20 bits per heavy atom. The van der Waals surface area contributed by atoms with Gasteiger partial charge in [0.25, 0.3) is 0 Å². The highest BCUT2D eigenvalue weighted by atomic mass is 16.5. The molecule has 0 spiro atoms. The molecule has 20 heavy (non-hydrogen) atoms. The fourth-order valence-corrected chi connectivity index (χ4v) is 2.44. The van der Waals surface area contributed by atoms with Crippen LogP contribution in [0, 0.1) is 0 Å². The number of ether oxygens (including phenoxy) is 2. The Morgan fingerprint density at radius 1 is 1.10 bits per heavy atom. The SMILES string of the molecule is CCN(CC)CC(N)(CC)c1cc(OC)ccc1OC. The first-order valence-corrected chi connectivity index (χ1v) is 7.28. The third kappa shape index (κ3) is 3.64. The molecule has 0 amide bonds. The quantitative estimate of drug-likeness (QED) is 0.795. The molecule has 0 aliphatic rings. The maximum absolute atomic E-state index is 6.69. The van der Waals surface area contributed by atoms with Crippen LogP contribution in [0.15, 0.2) is 18.2 Å². The normalized spacial score (nSPS) is 14.2. The molecule has 114 valence electrons. The lowest BCUT2D eigenvalue weighted by atomic mass is 9.86. The fourth-order valence-electron chi connectivity index (χ4n) is 2.44. The number of methoxy groups -OCH3 is 2. The van der Waals surface area contributed by atoms with E-state index in [9.17, 15) is 0 Å². The summed E-state index contributed by atoms with van der Waals surface area (Å²) in [5, 5.41) is 0. The first-order valence-electron chi connectivity index (χ1n) is 7.28. The van der Waals surface area contributed by atoms with Gasteiger partial charge < -0.3 is 20.1 Å². The van der Waals surface area contributed by atoms with E-state index < -0.39 is 5.54 Å². The summed E-state index contributed by atoms with van der Waals surface area (Å²) in [5.41, 5.74) is 7.26. The van der Waals surface area contributed by atoms with Crippen molar-refractivity contribution >= 4 is 0 Å². The van der Waals surface area contributed by atoms with E-state index >= 15 is 0 Å². The number of nitrogens with zero attached hydrogens (tertiary/aromatic N) is 1. The van der Waals surface area contributed by atoms with Gasteiger partial charge in [-0.1, -0.05) is 20.8 Å². The van der Waals surface area contributed by atoms with Gasteiger partial charge in [-0.05, 0) is 37.7 Å². The Balaban J connectivity index is 3.20. The second kappa shape index (κ2) is 7.50. The predicted molar refractivity (Wildman–Crippen MR) is 83.5 cm³/mol. The molecular formula is C16H28N2O2. The number of benzene rings is 1. The van der Waals surface area contributed by atoms with Gasteiger partial charge in [0.05, 0.1) is 19.8 Å². The summed E-state index contributed by atoms with van der Waals surface area (Å²) in [6.45, 7) is 9.21. The summed E-state index contributed by atoms with van der Waals surface area (Å²) in [4.78, 5) is 2.34. The lowest BCUT2D eigenvalue weighted by Gasteiger charge is -2.35. The van der Waals surface area contributed by atoms with Crippen LogP contribution in [0.5, 0.6) is 11.5 Å². The maximum atomic E-state index is 6.69. The topological polar surface area (TPSA) is 47.7 Å². The number of hydrogen-bond donors (Lipinski definition) is 1. The van der Waals surface area contributed by atoms with Crippen LogP contribution in [-0.4, -0.2) is 38.8 Å². The van der Waals surface area contributed by atoms with Crippen LogP contribution in [0.2, 0.25) is 0 Å². The minimum atomic E-state index is -0.439. The van der Waals surface area contributed by atoms with Gasteiger partial charge in [0.15, 0.2) is 0 Å². The molecule has 1 atom stereocenters. The Labute approximate surface area is 122 Å². The van der Waals surface area contributed by atoms with Crippen molar-refractivity contribution in [2.45, 2.75) is 32.7 Å². The molecule has 1 rings (SSSR count). The smallest absolute Gasteiger partial charge is 0.124 e. The fraction of sp³-hybridized carbons (Fsp3) is 0.625. The van der Waals surface area contributed by atoms with E-state index in [0.717, 1.165) is 43.1 Å². The molecule has 1 unspecified atom stereocenters. The summed E-state index contributed by atoms with van der Waals surface area (Å²) in [7, 11) is 3.35. The van der Waals surface area contributed by atoms with Gasteiger partial charge in [-0.15, -0.1) is 0 Å². The minimum absolute atomic E-state index is 0.439. The molecule has 4 heteroatoms. The summed E-state index contributed by atoms with van der Waals surface area (Å²) in [6.07, 6.45) is 0.840. The van der Waals surface area contributed by atoms with Crippen LogP contribution in [0.4, 0.5) is 0 Å². The third-order valence-electron chi connectivity index (χ3n) is 3.97. The van der Waals surface area contributed by atoms with E-state index in [1.54, 1.807) is 14.2 Å². The van der Waals surface area contributed by atoms with Crippen molar-refractivity contribution in [3.8, 4) is 11.5 Å². The molecule has 1 aromatic carbocycles. The lowest BCUT2D eigenvalue weighted by molar-refractivity contribution is 0.216. The molecule has 1 aromatic rings. The lowest BCUT2D eigenvalue weighted by Crippen LogP contribution is -2.47. The molecule has 4 nitrogen and oxygen atoms in total. The molecule has 0 aromatic heterocycles. The van der Waals surface area contributed by atoms with Crippen LogP contribution in [0.3, 0.4) is 0 Å². The van der Waals surface area contributed by atoms with Crippen molar-refractivity contribution in [3.05, 3.63) is 23.8 Å². The van der Waals surface area contributed by atoms with E-state index in [1.165, 1.54) is 0 Å². The first kappa shape index (κ1) is 16.8. The van der Waals surface area contributed by atoms with Crippen molar-refractivity contribution in [1.29, 1.82) is 0 Å². The van der Waals surface area contributed by atoms with Crippen LogP contribution < -0.4 is 15.2 Å². The average Bonchev–Trinajstić information content (AvgIpc) is 2.51. The highest BCUT2D eigenvalue weighted by Gasteiger charge is 2.30. The number of hydrogen-bond acceptors (Lipinski definition) is 4. The van der Waals surface area contributed by atoms with Gasteiger partial charge in [0, 0.05) is 12.1 Å². The predicted octanol–water partition coefficient (Wildman–Crippen LogP) is 2.61. The second-order valence-corrected chi connectivity index (χ2v) is 5.04. The summed E-state index contributed by atoms with van der Waals surface area (Å²) in [5.74, 6) is 1.63. The van der Waals surface area contributed by atoms with Gasteiger partial charge in [-0.3, -0.25) is 0 Å². The van der Waals surface area contributed by atoms with Crippen LogP contribution >= 0.6 is 0 Å². The Hall–Kier alpha value is -1.26.